The van der Waals surface area contributed by atoms with E-state index >= 15 is 0 Å². The zero-order chi connectivity index (χ0) is 9.30. The third-order valence-corrected chi connectivity index (χ3v) is 2.20. The van der Waals surface area contributed by atoms with Gasteiger partial charge < -0.3 is 0 Å². The fourth-order valence-electron chi connectivity index (χ4n) is 0.709. The number of rotatable bonds is 1. The summed E-state index contributed by atoms with van der Waals surface area (Å²) < 4.78 is 0.614. The van der Waals surface area contributed by atoms with Crippen molar-refractivity contribution in [2.24, 2.45) is 0 Å². The molecule has 0 bridgehead atoms. The van der Waals surface area contributed by atoms with Crippen LogP contribution in [-0.4, -0.2) is 4.92 Å². The summed E-state index contributed by atoms with van der Waals surface area (Å²) in [6, 6.07) is 2.84. The van der Waals surface area contributed by atoms with Crippen LogP contribution in [0.3, 0.4) is 0 Å². The molecule has 64 valence electrons. The van der Waals surface area contributed by atoms with Gasteiger partial charge in [-0.25, -0.2) is 0 Å². The van der Waals surface area contributed by atoms with Crippen LogP contribution in [-0.2, 0) is 0 Å². The lowest BCUT2D eigenvalue weighted by Gasteiger charge is -1.97. The first-order valence-corrected chi connectivity index (χ1v) is 4.36. The molecule has 0 spiro atoms. The van der Waals surface area contributed by atoms with E-state index in [9.17, 15) is 10.1 Å². The zero-order valence-corrected chi connectivity index (χ0v) is 8.65. The first-order chi connectivity index (χ1) is 5.52. The van der Waals surface area contributed by atoms with Gasteiger partial charge in [0.2, 0.25) is 0 Å². The Kier molecular flexibility index (Phi) is 2.93. The van der Waals surface area contributed by atoms with E-state index in [2.05, 4.69) is 15.9 Å². The lowest BCUT2D eigenvalue weighted by Crippen LogP contribution is -1.90. The third kappa shape index (κ3) is 1.88. The van der Waals surface area contributed by atoms with Gasteiger partial charge in [-0.2, -0.15) is 0 Å². The summed E-state index contributed by atoms with van der Waals surface area (Å²) in [4.78, 5) is 9.76. The van der Waals surface area contributed by atoms with Crippen molar-refractivity contribution in [2.75, 3.05) is 0 Å². The van der Waals surface area contributed by atoms with E-state index < -0.39 is 4.92 Å². The molecule has 1 rings (SSSR count). The monoisotopic (exact) mass is 269 g/mol. The van der Waals surface area contributed by atoms with Crippen molar-refractivity contribution >= 4 is 44.8 Å². The molecule has 0 saturated carbocycles. The summed E-state index contributed by atoms with van der Waals surface area (Å²) in [5.41, 5.74) is -0.262. The molecule has 6 heteroatoms. The molecule has 0 N–H and O–H groups in total. The summed E-state index contributed by atoms with van der Waals surface area (Å²) >= 11 is 14.3. The minimum Gasteiger partial charge on any atom is -0.258 e. The second kappa shape index (κ2) is 3.60. The maximum atomic E-state index is 10.4. The van der Waals surface area contributed by atoms with Crippen LogP contribution in [0.5, 0.6) is 0 Å². The molecule has 0 aliphatic rings. The third-order valence-electron chi connectivity index (χ3n) is 1.16. The Morgan fingerprint density at radius 3 is 2.08 bits per heavy atom. The van der Waals surface area contributed by atoms with Gasteiger partial charge in [-0.3, -0.25) is 10.1 Å². The molecule has 3 nitrogen and oxygen atoms in total. The van der Waals surface area contributed by atoms with E-state index in [4.69, 9.17) is 23.2 Å². The van der Waals surface area contributed by atoms with Crippen molar-refractivity contribution in [2.45, 2.75) is 0 Å². The maximum Gasteiger partial charge on any atom is 0.306 e. The lowest BCUT2D eigenvalue weighted by atomic mass is 10.3. The highest BCUT2D eigenvalue weighted by molar-refractivity contribution is 9.10. The van der Waals surface area contributed by atoms with E-state index in [0.717, 1.165) is 0 Å². The van der Waals surface area contributed by atoms with Crippen molar-refractivity contribution in [1.29, 1.82) is 0 Å². The Morgan fingerprint density at radius 1 is 1.33 bits per heavy atom. The molecule has 0 amide bonds. The van der Waals surface area contributed by atoms with Gasteiger partial charge in [-0.1, -0.05) is 39.1 Å². The summed E-state index contributed by atoms with van der Waals surface area (Å²) in [5, 5.41) is 10.4. The molecule has 0 saturated heterocycles. The number of halogens is 3. The second-order valence-electron chi connectivity index (χ2n) is 1.98. The summed E-state index contributed by atoms with van der Waals surface area (Å²) in [6.07, 6.45) is 0. The van der Waals surface area contributed by atoms with Gasteiger partial charge >= 0.3 is 5.69 Å². The minimum absolute atomic E-state index is 0.0272. The number of nitro groups is 1. The van der Waals surface area contributed by atoms with Crippen LogP contribution in [0.25, 0.3) is 0 Å². The Morgan fingerprint density at radius 2 is 1.75 bits per heavy atom. The topological polar surface area (TPSA) is 43.1 Å². The summed E-state index contributed by atoms with van der Waals surface area (Å²) in [5.74, 6) is 0. The lowest BCUT2D eigenvalue weighted by molar-refractivity contribution is -0.384. The smallest absolute Gasteiger partial charge is 0.258 e. The molecular formula is C6H2BrCl2NO2. The van der Waals surface area contributed by atoms with E-state index in [0.29, 0.717) is 4.47 Å². The molecule has 1 aromatic rings. The van der Waals surface area contributed by atoms with Gasteiger partial charge in [-0.15, -0.1) is 0 Å². The molecule has 1 aromatic carbocycles. The van der Waals surface area contributed by atoms with E-state index in [-0.39, 0.29) is 15.7 Å². The highest BCUT2D eigenvalue weighted by atomic mass is 79.9. The highest BCUT2D eigenvalue weighted by Crippen LogP contribution is 2.35. The average molecular weight is 271 g/mol. The predicted octanol–water partition coefficient (Wildman–Crippen LogP) is 3.66. The first-order valence-electron chi connectivity index (χ1n) is 2.81. The molecule has 0 heterocycles. The van der Waals surface area contributed by atoms with Gasteiger partial charge in [0.05, 0.1) is 4.92 Å². The van der Waals surface area contributed by atoms with Crippen molar-refractivity contribution in [3.63, 3.8) is 0 Å². The molecule has 0 atom stereocenters. The van der Waals surface area contributed by atoms with Crippen LogP contribution in [0.4, 0.5) is 5.69 Å². The average Bonchev–Trinajstić information content (AvgIpc) is 1.82. The van der Waals surface area contributed by atoms with E-state index in [1.165, 1.54) is 12.1 Å². The van der Waals surface area contributed by atoms with E-state index in [1.54, 1.807) is 0 Å². The van der Waals surface area contributed by atoms with Crippen LogP contribution >= 0.6 is 39.1 Å². The van der Waals surface area contributed by atoms with Gasteiger partial charge in [0.15, 0.2) is 0 Å². The molecule has 0 fully saturated rings. The van der Waals surface area contributed by atoms with Crippen molar-refractivity contribution in [3.8, 4) is 0 Å². The first kappa shape index (κ1) is 9.77. The Balaban J connectivity index is 3.38. The van der Waals surface area contributed by atoms with Crippen LogP contribution in [0.15, 0.2) is 16.6 Å². The van der Waals surface area contributed by atoms with Gasteiger partial charge in [0.25, 0.3) is 0 Å². The standard InChI is InChI=1S/C6H2BrCl2NO2/c7-3-1-4(8)6(10(11)12)5(9)2-3/h1-2H. The van der Waals surface area contributed by atoms with Crippen molar-refractivity contribution in [3.05, 3.63) is 36.8 Å². The van der Waals surface area contributed by atoms with Gasteiger partial charge in [-0.05, 0) is 12.1 Å². The number of nitrogens with zero attached hydrogens (tertiary/aromatic N) is 1. The molecule has 0 radical (unpaired) electrons. The molecule has 12 heavy (non-hydrogen) atoms. The number of benzene rings is 1. The van der Waals surface area contributed by atoms with Crippen molar-refractivity contribution in [1.82, 2.24) is 0 Å². The predicted molar refractivity (Wildman–Crippen MR) is 50.8 cm³/mol. The van der Waals surface area contributed by atoms with Gasteiger partial charge in [0.1, 0.15) is 10.0 Å². The Labute approximate surface area is 86.6 Å². The second-order valence-corrected chi connectivity index (χ2v) is 3.71. The quantitative estimate of drug-likeness (QED) is 0.577. The number of hydrogen-bond acceptors (Lipinski definition) is 2. The number of hydrogen-bond donors (Lipinski definition) is 0. The van der Waals surface area contributed by atoms with Crippen LogP contribution in [0.2, 0.25) is 10.0 Å². The summed E-state index contributed by atoms with van der Waals surface area (Å²) in [6.45, 7) is 0. The van der Waals surface area contributed by atoms with Crippen molar-refractivity contribution < 1.29 is 4.92 Å². The highest BCUT2D eigenvalue weighted by Gasteiger charge is 2.17. The number of nitro benzene ring substituents is 1. The van der Waals surface area contributed by atoms with Crippen LogP contribution < -0.4 is 0 Å². The Bertz CT molecular complexity index is 319. The van der Waals surface area contributed by atoms with Crippen LogP contribution in [0, 0.1) is 10.1 Å². The maximum absolute atomic E-state index is 10.4. The zero-order valence-electron chi connectivity index (χ0n) is 5.55. The molecule has 0 aliphatic heterocycles. The molecular weight excluding hydrogens is 269 g/mol. The fourth-order valence-corrected chi connectivity index (χ4v) is 2.06. The SMILES string of the molecule is O=[N+]([O-])c1c(Cl)cc(Br)cc1Cl. The van der Waals surface area contributed by atoms with Crippen LogP contribution in [0.1, 0.15) is 0 Å². The fraction of sp³-hybridized carbons (Fsp3) is 0. The molecule has 0 aromatic heterocycles. The largest absolute Gasteiger partial charge is 0.306 e. The minimum atomic E-state index is -0.614. The summed E-state index contributed by atoms with van der Waals surface area (Å²) in [7, 11) is 0. The van der Waals surface area contributed by atoms with Gasteiger partial charge in [0, 0.05) is 4.47 Å². The molecule has 0 unspecified atom stereocenters. The molecule has 0 aliphatic carbocycles. The Hall–Kier alpha value is -0.320. The van der Waals surface area contributed by atoms with E-state index in [1.807, 2.05) is 0 Å². The normalized spacial score (nSPS) is 9.92.